The second-order valence-corrected chi connectivity index (χ2v) is 2.32. The van der Waals surface area contributed by atoms with Crippen molar-refractivity contribution in [1.29, 1.82) is 0 Å². The molecule has 0 spiro atoms. The molecule has 0 heterocycles. The smallest absolute Gasteiger partial charge is 0.283 e. The number of nitrogens with two attached hydrogens (primary N) is 2. The van der Waals surface area contributed by atoms with Crippen LogP contribution in [0.15, 0.2) is 29.3 Å². The molecule has 4 nitrogen and oxygen atoms in total. The quantitative estimate of drug-likeness (QED) is 0.481. The van der Waals surface area contributed by atoms with Crippen molar-refractivity contribution in [3.63, 3.8) is 0 Å². The minimum Gasteiger partial charge on any atom is -0.370 e. The first-order chi connectivity index (χ1) is 6.11. The fourth-order valence-corrected chi connectivity index (χ4v) is 0.812. The fraction of sp³-hybridized carbons (Fsp3) is 0. The molecule has 0 fully saturated rings. The molecular weight excluding hydrogens is 173 g/mol. The zero-order valence-electron chi connectivity index (χ0n) is 6.70. The molecule has 0 radical (unpaired) electrons. The summed E-state index contributed by atoms with van der Waals surface area (Å²) in [5.41, 5.74) is 9.79. The average molecular weight is 181 g/mol. The number of nitrogens with zero attached hydrogens (tertiary/aromatic N) is 1. The van der Waals surface area contributed by atoms with Gasteiger partial charge in [0.15, 0.2) is 5.96 Å². The van der Waals surface area contributed by atoms with Crippen LogP contribution in [-0.2, 0) is 0 Å². The molecule has 0 aromatic heterocycles. The fourth-order valence-electron chi connectivity index (χ4n) is 0.812. The lowest BCUT2D eigenvalue weighted by atomic mass is 10.2. The summed E-state index contributed by atoms with van der Waals surface area (Å²) in [5, 5.41) is 0. The third kappa shape index (κ3) is 2.26. The van der Waals surface area contributed by atoms with Crippen LogP contribution in [-0.4, -0.2) is 11.9 Å². The first-order valence-electron chi connectivity index (χ1n) is 3.50. The Labute approximate surface area is 74.1 Å². The summed E-state index contributed by atoms with van der Waals surface area (Å²) >= 11 is 0. The zero-order chi connectivity index (χ0) is 9.84. The van der Waals surface area contributed by atoms with Crippen molar-refractivity contribution in [2.75, 3.05) is 0 Å². The Hall–Kier alpha value is -1.91. The van der Waals surface area contributed by atoms with E-state index in [-0.39, 0.29) is 11.5 Å². The summed E-state index contributed by atoms with van der Waals surface area (Å²) in [5.74, 6) is -1.80. The number of carbonyl (C=O) groups excluding carboxylic acids is 1. The van der Waals surface area contributed by atoms with Gasteiger partial charge in [-0.05, 0) is 12.1 Å². The molecule has 0 aliphatic heterocycles. The SMILES string of the molecule is NC(N)=NC(=O)c1ccccc1F. The van der Waals surface area contributed by atoms with Crippen LogP contribution in [0, 0.1) is 5.82 Å². The van der Waals surface area contributed by atoms with E-state index in [1.54, 1.807) is 0 Å². The standard InChI is InChI=1S/C8H8FN3O/c9-6-4-2-1-3-5(6)7(13)12-8(10)11/h1-4H,(H4,10,11,12,13). The minimum absolute atomic E-state index is 0.143. The summed E-state index contributed by atoms with van der Waals surface area (Å²) in [6, 6.07) is 5.47. The van der Waals surface area contributed by atoms with E-state index < -0.39 is 11.7 Å². The van der Waals surface area contributed by atoms with Crippen LogP contribution in [0.2, 0.25) is 0 Å². The lowest BCUT2D eigenvalue weighted by Gasteiger charge is -1.96. The molecular formula is C8H8FN3O. The lowest BCUT2D eigenvalue weighted by Crippen LogP contribution is -2.24. The van der Waals surface area contributed by atoms with E-state index in [1.165, 1.54) is 18.2 Å². The van der Waals surface area contributed by atoms with Gasteiger partial charge in [0.05, 0.1) is 5.56 Å². The van der Waals surface area contributed by atoms with Crippen LogP contribution in [0.4, 0.5) is 4.39 Å². The van der Waals surface area contributed by atoms with E-state index >= 15 is 0 Å². The van der Waals surface area contributed by atoms with Gasteiger partial charge in [-0.1, -0.05) is 12.1 Å². The predicted octanol–water partition coefficient (Wildman–Crippen LogP) is 0.239. The van der Waals surface area contributed by atoms with E-state index in [4.69, 9.17) is 11.5 Å². The molecule has 1 aromatic rings. The number of amides is 1. The van der Waals surface area contributed by atoms with Gasteiger partial charge >= 0.3 is 0 Å². The molecule has 0 saturated heterocycles. The topological polar surface area (TPSA) is 81.5 Å². The Morgan fingerprint density at radius 1 is 1.31 bits per heavy atom. The second kappa shape index (κ2) is 3.66. The molecule has 1 amide bonds. The van der Waals surface area contributed by atoms with Gasteiger partial charge in [0, 0.05) is 0 Å². The summed E-state index contributed by atoms with van der Waals surface area (Å²) in [4.78, 5) is 14.3. The molecule has 13 heavy (non-hydrogen) atoms. The first-order valence-corrected chi connectivity index (χ1v) is 3.50. The number of hydrogen-bond donors (Lipinski definition) is 2. The first kappa shape index (κ1) is 9.18. The van der Waals surface area contributed by atoms with Crippen molar-refractivity contribution in [2.24, 2.45) is 16.5 Å². The number of rotatable bonds is 1. The monoisotopic (exact) mass is 181 g/mol. The number of benzene rings is 1. The molecule has 0 unspecified atom stereocenters. The van der Waals surface area contributed by atoms with Crippen LogP contribution in [0.25, 0.3) is 0 Å². The molecule has 0 aliphatic rings. The highest BCUT2D eigenvalue weighted by Gasteiger charge is 2.08. The minimum atomic E-state index is -0.780. The molecule has 5 heteroatoms. The number of halogens is 1. The summed E-state index contributed by atoms with van der Waals surface area (Å²) in [6.07, 6.45) is 0. The Morgan fingerprint density at radius 3 is 2.46 bits per heavy atom. The molecule has 0 aliphatic carbocycles. The Bertz CT molecular complexity index is 358. The maximum Gasteiger partial charge on any atom is 0.283 e. The van der Waals surface area contributed by atoms with Crippen LogP contribution >= 0.6 is 0 Å². The third-order valence-corrected chi connectivity index (χ3v) is 1.33. The maximum absolute atomic E-state index is 12.9. The second-order valence-electron chi connectivity index (χ2n) is 2.32. The van der Waals surface area contributed by atoms with Crippen LogP contribution in [0.3, 0.4) is 0 Å². The zero-order valence-corrected chi connectivity index (χ0v) is 6.70. The van der Waals surface area contributed by atoms with Gasteiger partial charge in [0.25, 0.3) is 5.91 Å². The van der Waals surface area contributed by atoms with Crippen LogP contribution in [0.5, 0.6) is 0 Å². The Morgan fingerprint density at radius 2 is 1.92 bits per heavy atom. The normalized spacial score (nSPS) is 9.31. The van der Waals surface area contributed by atoms with Crippen molar-refractivity contribution in [3.8, 4) is 0 Å². The van der Waals surface area contributed by atoms with Gasteiger partial charge in [-0.15, -0.1) is 0 Å². The van der Waals surface area contributed by atoms with Crippen LogP contribution in [0.1, 0.15) is 10.4 Å². The van der Waals surface area contributed by atoms with Crippen molar-refractivity contribution < 1.29 is 9.18 Å². The van der Waals surface area contributed by atoms with Gasteiger partial charge in [0.2, 0.25) is 0 Å². The number of hydrogen-bond acceptors (Lipinski definition) is 1. The van der Waals surface area contributed by atoms with Crippen LogP contribution < -0.4 is 11.5 Å². The van der Waals surface area contributed by atoms with Crippen molar-refractivity contribution in [2.45, 2.75) is 0 Å². The van der Waals surface area contributed by atoms with E-state index in [1.807, 2.05) is 0 Å². The van der Waals surface area contributed by atoms with E-state index in [2.05, 4.69) is 4.99 Å². The highest BCUT2D eigenvalue weighted by molar-refractivity contribution is 6.01. The van der Waals surface area contributed by atoms with E-state index in [9.17, 15) is 9.18 Å². The van der Waals surface area contributed by atoms with Crippen molar-refractivity contribution in [1.82, 2.24) is 0 Å². The largest absolute Gasteiger partial charge is 0.370 e. The van der Waals surface area contributed by atoms with Gasteiger partial charge in [-0.3, -0.25) is 4.79 Å². The van der Waals surface area contributed by atoms with E-state index in [0.717, 1.165) is 6.07 Å². The molecule has 0 bridgehead atoms. The lowest BCUT2D eigenvalue weighted by molar-refractivity contribution is 0.0999. The summed E-state index contributed by atoms with van der Waals surface area (Å²) in [7, 11) is 0. The highest BCUT2D eigenvalue weighted by Crippen LogP contribution is 2.07. The highest BCUT2D eigenvalue weighted by atomic mass is 19.1. The van der Waals surface area contributed by atoms with Gasteiger partial charge in [-0.25, -0.2) is 4.39 Å². The van der Waals surface area contributed by atoms with Crippen molar-refractivity contribution in [3.05, 3.63) is 35.6 Å². The molecule has 4 N–H and O–H groups in total. The maximum atomic E-state index is 12.9. The number of aliphatic imine (C=N–C) groups is 1. The molecule has 0 saturated carbocycles. The molecule has 0 atom stereocenters. The average Bonchev–Trinajstić information content (AvgIpc) is 2.03. The van der Waals surface area contributed by atoms with Gasteiger partial charge in [-0.2, -0.15) is 4.99 Å². The number of carbonyl (C=O) groups is 1. The molecule has 1 rings (SSSR count). The van der Waals surface area contributed by atoms with Gasteiger partial charge in [0.1, 0.15) is 5.82 Å². The van der Waals surface area contributed by atoms with Crippen molar-refractivity contribution >= 4 is 11.9 Å². The summed E-state index contributed by atoms with van der Waals surface area (Å²) < 4.78 is 12.9. The Kier molecular flexibility index (Phi) is 2.59. The van der Waals surface area contributed by atoms with Gasteiger partial charge < -0.3 is 11.5 Å². The number of guanidine groups is 1. The Balaban J connectivity index is 3.03. The van der Waals surface area contributed by atoms with E-state index in [0.29, 0.717) is 0 Å². The molecule has 68 valence electrons. The predicted molar refractivity (Wildman–Crippen MR) is 46.5 cm³/mol. The molecule has 1 aromatic carbocycles. The third-order valence-electron chi connectivity index (χ3n) is 1.33. The summed E-state index contributed by atoms with van der Waals surface area (Å²) in [6.45, 7) is 0.